The Kier molecular flexibility index (Phi) is 8.05. The number of rotatable bonds is 9. The molecule has 0 heterocycles. The molecule has 0 unspecified atom stereocenters. The van der Waals surface area contributed by atoms with Crippen LogP contribution in [0.15, 0.2) is 30.3 Å². The van der Waals surface area contributed by atoms with Gasteiger partial charge in [0.2, 0.25) is 21.7 Å². The van der Waals surface area contributed by atoms with Gasteiger partial charge in [-0.1, -0.05) is 29.3 Å². The van der Waals surface area contributed by atoms with E-state index in [1.165, 1.54) is 33.5 Å². The van der Waals surface area contributed by atoms with E-state index in [1.807, 2.05) is 0 Å². The van der Waals surface area contributed by atoms with Crippen LogP contribution in [0.2, 0.25) is 10.0 Å². The standard InChI is InChI=1S/C19H22Cl2N2O6S/c1-27-15-9-8-12(18(28-2)19(15)29-3)10-22-16(24)11-23(30(4,25)26)14-7-5-6-13(20)17(14)21/h5-9H,10-11H2,1-4H3,(H,22,24). The van der Waals surface area contributed by atoms with Crippen molar-refractivity contribution in [2.45, 2.75) is 6.54 Å². The average Bonchev–Trinajstić information content (AvgIpc) is 2.71. The molecule has 0 aliphatic rings. The summed E-state index contributed by atoms with van der Waals surface area (Å²) in [6.07, 6.45) is 0.981. The molecule has 0 atom stereocenters. The molecule has 0 aliphatic heterocycles. The summed E-state index contributed by atoms with van der Waals surface area (Å²) in [5.41, 5.74) is 0.737. The third-order valence-electron chi connectivity index (χ3n) is 4.15. The van der Waals surface area contributed by atoms with Crippen LogP contribution in [0.3, 0.4) is 0 Å². The molecule has 30 heavy (non-hydrogen) atoms. The van der Waals surface area contributed by atoms with Crippen LogP contribution in [0.25, 0.3) is 0 Å². The number of hydrogen-bond acceptors (Lipinski definition) is 6. The van der Waals surface area contributed by atoms with Gasteiger partial charge in [-0.2, -0.15) is 0 Å². The molecule has 2 aromatic rings. The number of hydrogen-bond donors (Lipinski definition) is 1. The van der Waals surface area contributed by atoms with Crippen LogP contribution in [0.5, 0.6) is 17.2 Å². The molecule has 1 N–H and O–H groups in total. The third-order valence-corrected chi connectivity index (χ3v) is 6.08. The lowest BCUT2D eigenvalue weighted by Gasteiger charge is -2.23. The van der Waals surface area contributed by atoms with E-state index in [-0.39, 0.29) is 22.3 Å². The van der Waals surface area contributed by atoms with Crippen molar-refractivity contribution in [2.24, 2.45) is 0 Å². The van der Waals surface area contributed by atoms with Gasteiger partial charge in [0, 0.05) is 12.1 Å². The van der Waals surface area contributed by atoms with Gasteiger partial charge in [-0.3, -0.25) is 9.10 Å². The summed E-state index contributed by atoms with van der Waals surface area (Å²) in [7, 11) is 0.641. The fourth-order valence-corrected chi connectivity index (χ4v) is 4.06. The number of methoxy groups -OCH3 is 3. The summed E-state index contributed by atoms with van der Waals surface area (Å²) in [5.74, 6) is 0.710. The number of carbonyl (C=O) groups is 1. The highest BCUT2D eigenvalue weighted by Crippen LogP contribution is 2.39. The van der Waals surface area contributed by atoms with Gasteiger partial charge in [0.1, 0.15) is 6.54 Å². The summed E-state index contributed by atoms with van der Waals surface area (Å²) < 4.78 is 41.3. The van der Waals surface area contributed by atoms with Gasteiger partial charge in [0.15, 0.2) is 11.5 Å². The Labute approximate surface area is 185 Å². The second kappa shape index (κ2) is 10.1. The molecule has 2 aromatic carbocycles. The molecule has 0 fully saturated rings. The Morgan fingerprint density at radius 3 is 2.27 bits per heavy atom. The van der Waals surface area contributed by atoms with Crippen molar-refractivity contribution in [1.29, 1.82) is 0 Å². The Bertz CT molecular complexity index is 1030. The molecule has 11 heteroatoms. The first-order valence-corrected chi connectivity index (χ1v) is 11.2. The molecule has 8 nitrogen and oxygen atoms in total. The SMILES string of the molecule is COc1ccc(CNC(=O)CN(c2cccc(Cl)c2Cl)S(C)(=O)=O)c(OC)c1OC. The van der Waals surface area contributed by atoms with E-state index >= 15 is 0 Å². The minimum Gasteiger partial charge on any atom is -0.493 e. The predicted molar refractivity (Wildman–Crippen MR) is 117 cm³/mol. The number of anilines is 1. The normalized spacial score (nSPS) is 11.0. The number of benzene rings is 2. The van der Waals surface area contributed by atoms with Crippen LogP contribution in [-0.2, 0) is 21.4 Å². The smallest absolute Gasteiger partial charge is 0.241 e. The van der Waals surface area contributed by atoms with E-state index in [2.05, 4.69) is 5.32 Å². The maximum atomic E-state index is 12.5. The van der Waals surface area contributed by atoms with Crippen molar-refractivity contribution in [3.63, 3.8) is 0 Å². The molecule has 0 aliphatic carbocycles. The maximum absolute atomic E-state index is 12.5. The van der Waals surface area contributed by atoms with Crippen molar-refractivity contribution in [1.82, 2.24) is 5.32 Å². The molecule has 0 radical (unpaired) electrons. The molecule has 0 saturated heterocycles. The summed E-state index contributed by atoms with van der Waals surface area (Å²) in [6, 6.07) is 7.94. The van der Waals surface area contributed by atoms with E-state index in [0.717, 1.165) is 10.6 Å². The van der Waals surface area contributed by atoms with Crippen LogP contribution < -0.4 is 23.8 Å². The lowest BCUT2D eigenvalue weighted by atomic mass is 10.1. The molecular weight excluding hydrogens is 455 g/mol. The van der Waals surface area contributed by atoms with Gasteiger partial charge in [-0.15, -0.1) is 0 Å². The number of nitrogens with one attached hydrogen (secondary N) is 1. The number of carbonyl (C=O) groups excluding carboxylic acids is 1. The van der Waals surface area contributed by atoms with Crippen LogP contribution in [0, 0.1) is 0 Å². The molecule has 164 valence electrons. The largest absolute Gasteiger partial charge is 0.493 e. The van der Waals surface area contributed by atoms with Gasteiger partial charge in [0.05, 0.1) is 43.3 Å². The number of nitrogens with zero attached hydrogens (tertiary/aromatic N) is 1. The number of amides is 1. The zero-order valence-electron chi connectivity index (χ0n) is 16.9. The minimum atomic E-state index is -3.80. The lowest BCUT2D eigenvalue weighted by molar-refractivity contribution is -0.119. The summed E-state index contributed by atoms with van der Waals surface area (Å²) in [4.78, 5) is 12.5. The first-order valence-electron chi connectivity index (χ1n) is 8.60. The Morgan fingerprint density at radius 2 is 1.70 bits per heavy atom. The highest BCUT2D eigenvalue weighted by Gasteiger charge is 2.24. The number of ether oxygens (including phenoxy) is 3. The highest BCUT2D eigenvalue weighted by atomic mass is 35.5. The first-order chi connectivity index (χ1) is 14.1. The molecule has 0 aromatic heterocycles. The van der Waals surface area contributed by atoms with Crippen LogP contribution >= 0.6 is 23.2 Å². The van der Waals surface area contributed by atoms with Gasteiger partial charge in [0.25, 0.3) is 0 Å². The van der Waals surface area contributed by atoms with E-state index in [9.17, 15) is 13.2 Å². The zero-order valence-corrected chi connectivity index (χ0v) is 19.2. The van der Waals surface area contributed by atoms with Crippen molar-refractivity contribution >= 4 is 44.8 Å². The predicted octanol–water partition coefficient (Wildman–Crippen LogP) is 3.10. The van der Waals surface area contributed by atoms with E-state index in [4.69, 9.17) is 37.4 Å². The second-order valence-corrected chi connectivity index (χ2v) is 8.80. The van der Waals surface area contributed by atoms with Crippen molar-refractivity contribution < 1.29 is 27.4 Å². The molecule has 0 bridgehead atoms. The van der Waals surface area contributed by atoms with E-state index < -0.39 is 22.5 Å². The molecular formula is C19H22Cl2N2O6S. The quantitative estimate of drug-likeness (QED) is 0.597. The Morgan fingerprint density at radius 1 is 1.03 bits per heavy atom. The topological polar surface area (TPSA) is 94.2 Å². The first kappa shape index (κ1) is 23.9. The van der Waals surface area contributed by atoms with Gasteiger partial charge in [-0.05, 0) is 24.3 Å². The van der Waals surface area contributed by atoms with Crippen molar-refractivity contribution in [3.05, 3.63) is 45.9 Å². The Balaban J connectivity index is 2.23. The second-order valence-electron chi connectivity index (χ2n) is 6.11. The third kappa shape index (κ3) is 5.41. The number of halogens is 2. The average molecular weight is 477 g/mol. The number of sulfonamides is 1. The van der Waals surface area contributed by atoms with Gasteiger partial charge in [-0.25, -0.2) is 8.42 Å². The minimum absolute atomic E-state index is 0.0407. The molecule has 0 spiro atoms. The van der Waals surface area contributed by atoms with Crippen molar-refractivity contribution in [3.8, 4) is 17.2 Å². The summed E-state index contributed by atoms with van der Waals surface area (Å²) in [6.45, 7) is -0.405. The van der Waals surface area contributed by atoms with Crippen LogP contribution in [0.4, 0.5) is 5.69 Å². The zero-order chi connectivity index (χ0) is 22.5. The van der Waals surface area contributed by atoms with Crippen LogP contribution in [0.1, 0.15) is 5.56 Å². The van der Waals surface area contributed by atoms with E-state index in [0.29, 0.717) is 22.8 Å². The molecule has 2 rings (SSSR count). The highest BCUT2D eigenvalue weighted by molar-refractivity contribution is 7.92. The molecule has 0 saturated carbocycles. The Hall–Kier alpha value is -2.36. The summed E-state index contributed by atoms with van der Waals surface area (Å²) >= 11 is 12.1. The fraction of sp³-hybridized carbons (Fsp3) is 0.316. The monoisotopic (exact) mass is 476 g/mol. The fourth-order valence-electron chi connectivity index (χ4n) is 2.75. The maximum Gasteiger partial charge on any atom is 0.241 e. The van der Waals surface area contributed by atoms with Crippen LogP contribution in [-0.4, -0.2) is 48.5 Å². The molecule has 1 amide bonds. The summed E-state index contributed by atoms with van der Waals surface area (Å²) in [5, 5.41) is 2.89. The lowest BCUT2D eigenvalue weighted by Crippen LogP contribution is -2.40. The van der Waals surface area contributed by atoms with Crippen molar-refractivity contribution in [2.75, 3.05) is 38.4 Å². The van der Waals surface area contributed by atoms with Gasteiger partial charge < -0.3 is 19.5 Å². The van der Waals surface area contributed by atoms with E-state index in [1.54, 1.807) is 18.2 Å². The van der Waals surface area contributed by atoms with Gasteiger partial charge >= 0.3 is 0 Å².